The maximum absolute atomic E-state index is 11.4. The second kappa shape index (κ2) is 8.70. The van der Waals surface area contributed by atoms with Crippen molar-refractivity contribution in [3.8, 4) is 11.5 Å². The molecule has 0 bridgehead atoms. The normalized spacial score (nSPS) is 13.3. The van der Waals surface area contributed by atoms with Crippen molar-refractivity contribution in [1.82, 2.24) is 0 Å². The van der Waals surface area contributed by atoms with Gasteiger partial charge in [0.2, 0.25) is 0 Å². The molecule has 1 unspecified atom stereocenters. The molecule has 0 spiro atoms. The van der Waals surface area contributed by atoms with Crippen molar-refractivity contribution in [2.75, 3.05) is 13.7 Å². The van der Waals surface area contributed by atoms with Crippen LogP contribution in [-0.2, 0) is 17.9 Å². The second-order valence-corrected chi connectivity index (χ2v) is 6.70. The number of nitrogens with two attached hydrogens (primary N) is 1. The molecule has 0 aliphatic rings. The molecule has 0 saturated carbocycles. The number of ether oxygens (including phenoxy) is 2. The molecule has 2 atom stereocenters. The summed E-state index contributed by atoms with van der Waals surface area (Å²) in [5.41, 5.74) is 6.51. The lowest BCUT2D eigenvalue weighted by Crippen LogP contribution is -3.15. The van der Waals surface area contributed by atoms with E-state index in [1.165, 1.54) is 0 Å². The number of rotatable bonds is 9. The van der Waals surface area contributed by atoms with Gasteiger partial charge >= 0.3 is 0 Å². The molecule has 6 heteroatoms. The first-order valence-electron chi connectivity index (χ1n) is 8.01. The first-order chi connectivity index (χ1) is 11.5. The molecule has 0 saturated heterocycles. The SMILES string of the molecule is CC[NH+](Cc1ccc(OCc2cccs2)c(OC)c1)[C@H](C)C(N)=O. The van der Waals surface area contributed by atoms with E-state index < -0.39 is 0 Å². The fourth-order valence-corrected chi connectivity index (χ4v) is 3.15. The lowest BCUT2D eigenvalue weighted by molar-refractivity contribution is -0.926. The molecule has 0 fully saturated rings. The summed E-state index contributed by atoms with van der Waals surface area (Å²) in [7, 11) is 1.63. The highest BCUT2D eigenvalue weighted by Crippen LogP contribution is 2.29. The molecule has 0 radical (unpaired) electrons. The third kappa shape index (κ3) is 4.72. The number of hydrogen-bond acceptors (Lipinski definition) is 4. The standard InChI is InChI=1S/C18H24N2O3S/c1-4-20(13(2)18(19)21)11-14-7-8-16(17(10-14)22-3)23-12-15-6-5-9-24-15/h5-10,13H,4,11-12H2,1-3H3,(H2,19,21)/p+1/t13-/m1/s1. The Morgan fingerprint density at radius 1 is 1.33 bits per heavy atom. The minimum atomic E-state index is -0.283. The predicted octanol–water partition coefficient (Wildman–Crippen LogP) is 1.61. The number of carbonyl (C=O) groups excluding carboxylic acids is 1. The largest absolute Gasteiger partial charge is 0.493 e. The fraction of sp³-hybridized carbons (Fsp3) is 0.389. The van der Waals surface area contributed by atoms with Crippen LogP contribution in [0.25, 0.3) is 0 Å². The van der Waals surface area contributed by atoms with Crippen molar-refractivity contribution in [3.63, 3.8) is 0 Å². The molecule has 1 aromatic carbocycles. The Morgan fingerprint density at radius 2 is 2.12 bits per heavy atom. The van der Waals surface area contributed by atoms with Crippen molar-refractivity contribution in [2.45, 2.75) is 33.0 Å². The van der Waals surface area contributed by atoms with E-state index in [2.05, 4.69) is 0 Å². The van der Waals surface area contributed by atoms with Crippen molar-refractivity contribution < 1.29 is 19.2 Å². The Labute approximate surface area is 147 Å². The van der Waals surface area contributed by atoms with Gasteiger partial charge in [0.05, 0.1) is 13.7 Å². The van der Waals surface area contributed by atoms with E-state index >= 15 is 0 Å². The van der Waals surface area contributed by atoms with Gasteiger partial charge in [0.1, 0.15) is 13.2 Å². The van der Waals surface area contributed by atoms with Crippen LogP contribution in [0.5, 0.6) is 11.5 Å². The minimum Gasteiger partial charge on any atom is -0.493 e. The summed E-state index contributed by atoms with van der Waals surface area (Å²) in [4.78, 5) is 13.7. The number of methoxy groups -OCH3 is 1. The number of carbonyl (C=O) groups is 1. The fourth-order valence-electron chi connectivity index (χ4n) is 2.53. The molecule has 3 N–H and O–H groups in total. The van der Waals surface area contributed by atoms with Gasteiger partial charge in [-0.2, -0.15) is 0 Å². The maximum atomic E-state index is 11.4. The van der Waals surface area contributed by atoms with Gasteiger partial charge < -0.3 is 20.1 Å². The van der Waals surface area contributed by atoms with E-state index in [1.807, 2.05) is 49.6 Å². The smallest absolute Gasteiger partial charge is 0.275 e. The molecule has 1 aromatic heterocycles. The zero-order valence-corrected chi connectivity index (χ0v) is 15.2. The predicted molar refractivity (Wildman–Crippen MR) is 95.5 cm³/mol. The number of quaternary nitrogens is 1. The van der Waals surface area contributed by atoms with Crippen LogP contribution in [0.1, 0.15) is 24.3 Å². The van der Waals surface area contributed by atoms with Gasteiger partial charge in [-0.05, 0) is 43.5 Å². The molecule has 0 aliphatic carbocycles. The zero-order chi connectivity index (χ0) is 17.5. The summed E-state index contributed by atoms with van der Waals surface area (Å²) < 4.78 is 11.3. The van der Waals surface area contributed by atoms with Gasteiger partial charge in [0.25, 0.3) is 5.91 Å². The van der Waals surface area contributed by atoms with Gasteiger partial charge in [-0.15, -0.1) is 11.3 Å². The van der Waals surface area contributed by atoms with E-state index in [1.54, 1.807) is 18.4 Å². The summed E-state index contributed by atoms with van der Waals surface area (Å²) in [5, 5.41) is 2.03. The van der Waals surface area contributed by atoms with Gasteiger partial charge in [0.15, 0.2) is 17.5 Å². The van der Waals surface area contributed by atoms with E-state index in [9.17, 15) is 4.79 Å². The highest BCUT2D eigenvalue weighted by molar-refractivity contribution is 7.09. The van der Waals surface area contributed by atoms with Crippen LogP contribution < -0.4 is 20.1 Å². The Bertz CT molecular complexity index is 658. The van der Waals surface area contributed by atoms with Crippen molar-refractivity contribution >= 4 is 17.2 Å². The number of thiophene rings is 1. The van der Waals surface area contributed by atoms with Crippen molar-refractivity contribution in [1.29, 1.82) is 0 Å². The molecule has 0 aliphatic heterocycles. The number of likely N-dealkylation sites (N-methyl/N-ethyl adjacent to an activating group) is 1. The van der Waals surface area contributed by atoms with Crippen molar-refractivity contribution in [2.24, 2.45) is 5.73 Å². The molecule has 1 amide bonds. The molecule has 24 heavy (non-hydrogen) atoms. The van der Waals surface area contributed by atoms with Crippen LogP contribution in [0.3, 0.4) is 0 Å². The Hall–Kier alpha value is -2.05. The Kier molecular flexibility index (Phi) is 6.63. The number of benzene rings is 1. The molecule has 130 valence electrons. The molecule has 5 nitrogen and oxygen atoms in total. The van der Waals surface area contributed by atoms with E-state index in [0.717, 1.165) is 27.6 Å². The minimum absolute atomic E-state index is 0.226. The lowest BCUT2D eigenvalue weighted by Gasteiger charge is -2.23. The quantitative estimate of drug-likeness (QED) is 0.723. The highest BCUT2D eigenvalue weighted by Gasteiger charge is 2.21. The van der Waals surface area contributed by atoms with Crippen LogP contribution in [0, 0.1) is 0 Å². The number of primary amides is 1. The monoisotopic (exact) mass is 349 g/mol. The first-order valence-corrected chi connectivity index (χ1v) is 8.89. The van der Waals surface area contributed by atoms with Crippen LogP contribution >= 0.6 is 11.3 Å². The van der Waals surface area contributed by atoms with Gasteiger partial charge in [0, 0.05) is 10.4 Å². The Balaban J connectivity index is 2.08. The number of amides is 1. The van der Waals surface area contributed by atoms with Crippen LogP contribution in [0.15, 0.2) is 35.7 Å². The maximum Gasteiger partial charge on any atom is 0.275 e. The average Bonchev–Trinajstić information content (AvgIpc) is 3.11. The summed E-state index contributed by atoms with van der Waals surface area (Å²) in [6, 6.07) is 9.72. The summed E-state index contributed by atoms with van der Waals surface area (Å²) in [6.07, 6.45) is 0. The highest BCUT2D eigenvalue weighted by atomic mass is 32.1. The molecule has 1 heterocycles. The lowest BCUT2D eigenvalue weighted by atomic mass is 10.1. The van der Waals surface area contributed by atoms with E-state index in [4.69, 9.17) is 15.2 Å². The molecule has 2 aromatic rings. The molecular formula is C18H25N2O3S+. The molecular weight excluding hydrogens is 324 g/mol. The topological polar surface area (TPSA) is 66.0 Å². The average molecular weight is 349 g/mol. The van der Waals surface area contributed by atoms with E-state index in [0.29, 0.717) is 18.9 Å². The Morgan fingerprint density at radius 3 is 2.71 bits per heavy atom. The number of hydrogen-bond donors (Lipinski definition) is 2. The van der Waals surface area contributed by atoms with Crippen LogP contribution in [0.2, 0.25) is 0 Å². The van der Waals surface area contributed by atoms with Gasteiger partial charge in [-0.25, -0.2) is 0 Å². The number of nitrogens with one attached hydrogen (secondary N) is 1. The van der Waals surface area contributed by atoms with Crippen molar-refractivity contribution in [3.05, 3.63) is 46.2 Å². The van der Waals surface area contributed by atoms with Gasteiger partial charge in [-0.1, -0.05) is 6.07 Å². The summed E-state index contributed by atoms with van der Waals surface area (Å²) >= 11 is 1.66. The summed E-state index contributed by atoms with van der Waals surface area (Å²) in [5.74, 6) is 1.14. The third-order valence-corrected chi connectivity index (χ3v) is 4.95. The third-order valence-electron chi connectivity index (χ3n) is 4.10. The van der Waals surface area contributed by atoms with E-state index in [-0.39, 0.29) is 11.9 Å². The summed E-state index contributed by atoms with van der Waals surface area (Å²) in [6.45, 7) is 5.96. The zero-order valence-electron chi connectivity index (χ0n) is 14.4. The first kappa shape index (κ1) is 18.3. The van der Waals surface area contributed by atoms with Gasteiger partial charge in [-0.3, -0.25) is 4.79 Å². The second-order valence-electron chi connectivity index (χ2n) is 5.67. The van der Waals surface area contributed by atoms with Crippen LogP contribution in [-0.4, -0.2) is 25.6 Å². The molecule has 2 rings (SSSR count). The van der Waals surface area contributed by atoms with Crippen LogP contribution in [0.4, 0.5) is 0 Å².